The number of fused-ring (bicyclic) bond motifs is 1. The minimum Gasteiger partial charge on any atom is -0.397 e. The molecule has 2 N–H and O–H groups in total. The quantitative estimate of drug-likeness (QED) is 0.105. The molecule has 1 amide bonds. The molecule has 4 heterocycles. The molecule has 1 atom stereocenters. The molecule has 9 nitrogen and oxygen atoms in total. The summed E-state index contributed by atoms with van der Waals surface area (Å²) in [5, 5.41) is 0.247. The normalized spacial score (nSPS) is 15.3. The summed E-state index contributed by atoms with van der Waals surface area (Å²) in [5.41, 5.74) is 6.61. The van der Waals surface area contributed by atoms with E-state index >= 15 is 4.39 Å². The largest absolute Gasteiger partial charge is 0.397 e. The van der Waals surface area contributed by atoms with Crippen LogP contribution in [0.15, 0.2) is 46.7 Å². The summed E-state index contributed by atoms with van der Waals surface area (Å²) < 4.78 is 16.9. The van der Waals surface area contributed by atoms with E-state index in [-0.39, 0.29) is 55.5 Å². The van der Waals surface area contributed by atoms with E-state index in [1.165, 1.54) is 28.5 Å². The summed E-state index contributed by atoms with van der Waals surface area (Å²) in [6.07, 6.45) is 4.85. The van der Waals surface area contributed by atoms with Crippen LogP contribution in [0.1, 0.15) is 32.4 Å². The molecule has 1 saturated heterocycles. The third-order valence-corrected chi connectivity index (χ3v) is 9.18. The van der Waals surface area contributed by atoms with Crippen molar-refractivity contribution < 1.29 is 9.18 Å². The highest BCUT2D eigenvalue weighted by molar-refractivity contribution is 7.98. The number of thioether (sulfide) groups is 1. The average Bonchev–Trinajstić information content (AvgIpc) is 2.99. The zero-order valence-corrected chi connectivity index (χ0v) is 27.5. The molecule has 3 aromatic heterocycles. The molecule has 4 aromatic rings. The van der Waals surface area contributed by atoms with Gasteiger partial charge in [-0.15, -0.1) is 11.8 Å². The first-order valence-corrected chi connectivity index (χ1v) is 16.0. The molecule has 1 fully saturated rings. The topological polar surface area (TPSA) is 110 Å². The Hall–Kier alpha value is -3.38. The Balaban J connectivity index is 1.88. The molecule has 44 heavy (non-hydrogen) atoms. The number of nitrogens with two attached hydrogens (primary N) is 1. The van der Waals surface area contributed by atoms with E-state index in [0.717, 1.165) is 4.90 Å². The third-order valence-electron chi connectivity index (χ3n) is 7.54. The van der Waals surface area contributed by atoms with Crippen molar-refractivity contribution in [3.05, 3.63) is 74.1 Å². The number of amides is 1. The highest BCUT2D eigenvalue weighted by Gasteiger charge is 2.31. The van der Waals surface area contributed by atoms with Gasteiger partial charge in [0.2, 0.25) is 5.91 Å². The highest BCUT2D eigenvalue weighted by Crippen LogP contribution is 2.42. The van der Waals surface area contributed by atoms with Crippen LogP contribution in [0.4, 0.5) is 15.9 Å². The number of carbonyl (C=O) groups excluding carboxylic acids is 1. The van der Waals surface area contributed by atoms with Gasteiger partial charge in [-0.3, -0.25) is 9.78 Å². The van der Waals surface area contributed by atoms with Crippen molar-refractivity contribution in [1.82, 2.24) is 24.4 Å². The van der Waals surface area contributed by atoms with Crippen molar-refractivity contribution >= 4 is 75.0 Å². The van der Waals surface area contributed by atoms with Crippen molar-refractivity contribution in [3.63, 3.8) is 0 Å². The summed E-state index contributed by atoms with van der Waals surface area (Å²) in [7, 11) is 0. The summed E-state index contributed by atoms with van der Waals surface area (Å²) >= 11 is 20.7. The molecular weight excluding hydrogens is 648 g/mol. The second-order valence-corrected chi connectivity index (χ2v) is 12.7. The van der Waals surface area contributed by atoms with Gasteiger partial charge >= 0.3 is 5.69 Å². The minimum atomic E-state index is -0.851. The lowest BCUT2D eigenvalue weighted by molar-refractivity contribution is -0.126. The second kappa shape index (κ2) is 12.5. The number of benzene rings is 1. The van der Waals surface area contributed by atoms with Crippen LogP contribution in [-0.2, 0) is 4.79 Å². The monoisotopic (exact) mass is 675 g/mol. The summed E-state index contributed by atoms with van der Waals surface area (Å²) in [5.74, 6) is -0.767. The van der Waals surface area contributed by atoms with Crippen LogP contribution < -0.4 is 16.3 Å². The molecule has 1 unspecified atom stereocenters. The number of pyridine rings is 2. The van der Waals surface area contributed by atoms with Crippen LogP contribution in [-0.4, -0.2) is 62.3 Å². The average molecular weight is 677 g/mol. The summed E-state index contributed by atoms with van der Waals surface area (Å²) in [4.78, 5) is 44.8. The van der Waals surface area contributed by atoms with Gasteiger partial charge in [-0.2, -0.15) is 4.98 Å². The molecule has 1 aliphatic heterocycles. The van der Waals surface area contributed by atoms with E-state index in [1.54, 1.807) is 23.2 Å². The van der Waals surface area contributed by atoms with E-state index in [4.69, 9.17) is 45.5 Å². The molecular formula is C30H29Cl3FN7O2S. The molecule has 0 bridgehead atoms. The Morgan fingerprint density at radius 3 is 2.55 bits per heavy atom. The van der Waals surface area contributed by atoms with E-state index in [2.05, 4.69) is 16.5 Å². The number of hydrogen-bond acceptors (Lipinski definition) is 8. The second-order valence-electron chi connectivity index (χ2n) is 10.6. The lowest BCUT2D eigenvalue weighted by Crippen LogP contribution is -2.54. The van der Waals surface area contributed by atoms with Crippen LogP contribution >= 0.6 is 46.6 Å². The molecule has 1 aromatic carbocycles. The predicted molar refractivity (Wildman–Crippen MR) is 177 cm³/mol. The fourth-order valence-corrected chi connectivity index (χ4v) is 6.70. The van der Waals surface area contributed by atoms with Crippen LogP contribution in [0, 0.1) is 5.82 Å². The van der Waals surface area contributed by atoms with Gasteiger partial charge in [0.05, 0.1) is 48.8 Å². The van der Waals surface area contributed by atoms with Crippen molar-refractivity contribution in [1.29, 1.82) is 0 Å². The van der Waals surface area contributed by atoms with Crippen molar-refractivity contribution in [2.75, 3.05) is 36.5 Å². The molecule has 5 rings (SSSR count). The standard InChI is InChI=1S/C30H29Cl3FN7O2S/c1-6-21(42)39-9-10-40(15(4)13-39)28-16-11-19(33)26(22-23(34)17(31)12-18(32)24(22)35)37-29(16)41(30(43)38-28)27-20(44-5)7-8-36-25(27)14(2)3/h6-8,11-12,14-15H,1,9-10,13,35H2,2-5H3. The molecule has 0 aliphatic carbocycles. The van der Waals surface area contributed by atoms with Crippen LogP contribution in [0.25, 0.3) is 28.0 Å². The Bertz CT molecular complexity index is 1860. The maximum absolute atomic E-state index is 15.5. The van der Waals surface area contributed by atoms with Crippen LogP contribution in [0.2, 0.25) is 15.1 Å². The number of anilines is 2. The zero-order chi connectivity index (χ0) is 32.0. The molecule has 1 aliphatic rings. The minimum absolute atomic E-state index is 0.0250. The molecule has 0 spiro atoms. The van der Waals surface area contributed by atoms with E-state index in [0.29, 0.717) is 42.2 Å². The number of hydrogen-bond donors (Lipinski definition) is 1. The lowest BCUT2D eigenvalue weighted by Gasteiger charge is -2.40. The third kappa shape index (κ3) is 5.51. The number of piperazine rings is 1. The van der Waals surface area contributed by atoms with Gasteiger partial charge in [0.1, 0.15) is 5.82 Å². The Kier molecular flexibility index (Phi) is 9.13. The first-order chi connectivity index (χ1) is 20.9. The Morgan fingerprint density at radius 1 is 1.18 bits per heavy atom. The van der Waals surface area contributed by atoms with Gasteiger partial charge in [-0.1, -0.05) is 55.2 Å². The zero-order valence-electron chi connectivity index (χ0n) is 24.4. The van der Waals surface area contributed by atoms with Gasteiger partial charge in [-0.25, -0.2) is 18.7 Å². The van der Waals surface area contributed by atoms with Gasteiger partial charge in [0.25, 0.3) is 0 Å². The van der Waals surface area contributed by atoms with E-state index < -0.39 is 11.5 Å². The summed E-state index contributed by atoms with van der Waals surface area (Å²) in [6, 6.07) is 4.38. The number of aromatic nitrogens is 4. The number of nitrogen functional groups attached to an aromatic ring is 1. The Labute approximate surface area is 272 Å². The molecule has 14 heteroatoms. The molecule has 230 valence electrons. The van der Waals surface area contributed by atoms with Crippen molar-refractivity contribution in [2.24, 2.45) is 0 Å². The summed E-state index contributed by atoms with van der Waals surface area (Å²) in [6.45, 7) is 10.6. The first kappa shape index (κ1) is 32.0. The fraction of sp³-hybridized carbons (Fsp3) is 0.300. The SMILES string of the molecule is C=CC(=O)N1CCN(c2nc(=O)n(-c3c(SC)ccnc3C(C)C)c3nc(-c4c(N)c(Cl)cc(Cl)c4F)c(Cl)cc23)C(C)C1. The fourth-order valence-electron chi connectivity index (χ4n) is 5.41. The first-order valence-electron chi connectivity index (χ1n) is 13.7. The van der Waals surface area contributed by atoms with Gasteiger partial charge in [-0.05, 0) is 43.4 Å². The predicted octanol–water partition coefficient (Wildman–Crippen LogP) is 6.59. The molecule has 0 radical (unpaired) electrons. The van der Waals surface area contributed by atoms with E-state index in [9.17, 15) is 9.59 Å². The van der Waals surface area contributed by atoms with Crippen molar-refractivity contribution in [2.45, 2.75) is 37.6 Å². The number of carbonyl (C=O) groups is 1. The Morgan fingerprint density at radius 2 is 1.91 bits per heavy atom. The maximum atomic E-state index is 15.5. The number of halogens is 4. The van der Waals surface area contributed by atoms with Crippen molar-refractivity contribution in [3.8, 4) is 16.9 Å². The van der Waals surface area contributed by atoms with Crippen LogP contribution in [0.5, 0.6) is 0 Å². The smallest absolute Gasteiger partial charge is 0.355 e. The molecule has 0 saturated carbocycles. The van der Waals surface area contributed by atoms with Gasteiger partial charge in [0, 0.05) is 36.8 Å². The maximum Gasteiger partial charge on any atom is 0.355 e. The number of rotatable bonds is 6. The number of nitrogens with zero attached hydrogens (tertiary/aromatic N) is 6. The highest BCUT2D eigenvalue weighted by atomic mass is 35.5. The van der Waals surface area contributed by atoms with Gasteiger partial charge in [0.15, 0.2) is 11.5 Å². The van der Waals surface area contributed by atoms with Crippen LogP contribution in [0.3, 0.4) is 0 Å². The van der Waals surface area contributed by atoms with Gasteiger partial charge < -0.3 is 15.5 Å². The van der Waals surface area contributed by atoms with E-state index in [1.807, 2.05) is 31.9 Å². The lowest BCUT2D eigenvalue weighted by atomic mass is 10.1.